The molecule has 0 aliphatic carbocycles. The van der Waals surface area contributed by atoms with E-state index in [1.54, 1.807) is 48.5 Å². The maximum absolute atomic E-state index is 12.0. The van der Waals surface area contributed by atoms with E-state index in [4.69, 9.17) is 5.73 Å². The third kappa shape index (κ3) is 3.82. The topological polar surface area (TPSA) is 81.4 Å². The number of ether oxygens (including phenoxy) is 1. The molecular weight excluding hydrogens is 268 g/mol. The van der Waals surface area contributed by atoms with Gasteiger partial charge in [0, 0.05) is 16.9 Å². The first kappa shape index (κ1) is 14.6. The van der Waals surface area contributed by atoms with Crippen LogP contribution in [0.5, 0.6) is 0 Å². The maximum Gasteiger partial charge on any atom is 0.337 e. The molecule has 3 N–H and O–H groups in total. The molecule has 0 aromatic heterocycles. The molecule has 0 amide bonds. The van der Waals surface area contributed by atoms with Crippen LogP contribution in [-0.2, 0) is 4.74 Å². The Kier molecular flexibility index (Phi) is 4.56. The number of hydrogen-bond donors (Lipinski definition) is 2. The minimum atomic E-state index is -0.389. The van der Waals surface area contributed by atoms with Crippen molar-refractivity contribution < 1.29 is 14.3 Å². The Morgan fingerprint density at radius 2 is 1.57 bits per heavy atom. The average molecular weight is 284 g/mol. The molecule has 0 aliphatic heterocycles. The minimum Gasteiger partial charge on any atom is -0.465 e. The summed E-state index contributed by atoms with van der Waals surface area (Å²) in [6.45, 7) is 0.168. The Morgan fingerprint density at radius 1 is 1.00 bits per heavy atom. The number of carbonyl (C=O) groups excluding carboxylic acids is 2. The van der Waals surface area contributed by atoms with Crippen molar-refractivity contribution in [2.45, 2.75) is 0 Å². The number of esters is 1. The standard InChI is InChI=1S/C16H16N2O3/c1-21-16(20)12-4-8-14(9-5-12)18-10-15(19)11-2-6-13(17)7-3-11/h2-9,18H,10,17H2,1H3. The van der Waals surface area contributed by atoms with E-state index in [0.29, 0.717) is 16.8 Å². The zero-order valence-electron chi connectivity index (χ0n) is 11.6. The molecule has 2 aromatic rings. The second kappa shape index (κ2) is 6.56. The third-order valence-corrected chi connectivity index (χ3v) is 2.99. The molecule has 0 heterocycles. The Hall–Kier alpha value is -2.82. The number of benzene rings is 2. The summed E-state index contributed by atoms with van der Waals surface area (Å²) in [5.74, 6) is -0.424. The Labute approximate surface area is 122 Å². The van der Waals surface area contributed by atoms with E-state index in [2.05, 4.69) is 10.1 Å². The fraction of sp³-hybridized carbons (Fsp3) is 0.125. The van der Waals surface area contributed by atoms with Crippen molar-refractivity contribution >= 4 is 23.1 Å². The fourth-order valence-corrected chi connectivity index (χ4v) is 1.80. The van der Waals surface area contributed by atoms with Gasteiger partial charge in [-0.25, -0.2) is 4.79 Å². The summed E-state index contributed by atoms with van der Waals surface area (Å²) >= 11 is 0. The highest BCUT2D eigenvalue weighted by atomic mass is 16.5. The molecule has 108 valence electrons. The van der Waals surface area contributed by atoms with Crippen LogP contribution in [0.15, 0.2) is 48.5 Å². The molecule has 0 unspecified atom stereocenters. The van der Waals surface area contributed by atoms with E-state index in [-0.39, 0.29) is 18.3 Å². The van der Waals surface area contributed by atoms with Crippen LogP contribution in [-0.4, -0.2) is 25.4 Å². The first-order valence-corrected chi connectivity index (χ1v) is 6.41. The summed E-state index contributed by atoms with van der Waals surface area (Å²) < 4.78 is 4.62. The van der Waals surface area contributed by atoms with Crippen LogP contribution in [0.1, 0.15) is 20.7 Å². The van der Waals surface area contributed by atoms with Crippen LogP contribution in [0.4, 0.5) is 11.4 Å². The van der Waals surface area contributed by atoms with Gasteiger partial charge in [0.2, 0.25) is 0 Å². The second-order valence-electron chi connectivity index (χ2n) is 4.47. The number of carbonyl (C=O) groups is 2. The van der Waals surface area contributed by atoms with E-state index in [0.717, 1.165) is 5.69 Å². The smallest absolute Gasteiger partial charge is 0.337 e. The van der Waals surface area contributed by atoms with Gasteiger partial charge in [0.05, 0.1) is 19.2 Å². The molecule has 0 fully saturated rings. The molecule has 0 atom stereocenters. The van der Waals surface area contributed by atoms with Crippen molar-refractivity contribution in [1.29, 1.82) is 0 Å². The predicted octanol–water partition coefficient (Wildman–Crippen LogP) is 2.35. The highest BCUT2D eigenvalue weighted by Gasteiger charge is 2.07. The van der Waals surface area contributed by atoms with Crippen molar-refractivity contribution in [1.82, 2.24) is 0 Å². The monoisotopic (exact) mass is 284 g/mol. The van der Waals surface area contributed by atoms with E-state index in [1.807, 2.05) is 0 Å². The SMILES string of the molecule is COC(=O)c1ccc(NCC(=O)c2ccc(N)cc2)cc1. The number of methoxy groups -OCH3 is 1. The number of anilines is 2. The number of ketones is 1. The van der Waals surface area contributed by atoms with Gasteiger partial charge in [-0.1, -0.05) is 0 Å². The highest BCUT2D eigenvalue weighted by Crippen LogP contribution is 2.11. The van der Waals surface area contributed by atoms with Gasteiger partial charge in [0.15, 0.2) is 5.78 Å². The highest BCUT2D eigenvalue weighted by molar-refractivity contribution is 5.99. The zero-order valence-corrected chi connectivity index (χ0v) is 11.6. The Bertz CT molecular complexity index is 634. The molecule has 21 heavy (non-hydrogen) atoms. The van der Waals surface area contributed by atoms with Crippen LogP contribution in [0.3, 0.4) is 0 Å². The van der Waals surface area contributed by atoms with Gasteiger partial charge in [0.1, 0.15) is 0 Å². The van der Waals surface area contributed by atoms with Gasteiger partial charge < -0.3 is 15.8 Å². The van der Waals surface area contributed by atoms with Gasteiger partial charge in [-0.3, -0.25) is 4.79 Å². The summed E-state index contributed by atoms with van der Waals surface area (Å²) in [6, 6.07) is 13.5. The summed E-state index contributed by atoms with van der Waals surface area (Å²) in [4.78, 5) is 23.3. The van der Waals surface area contributed by atoms with Gasteiger partial charge in [0.25, 0.3) is 0 Å². The van der Waals surface area contributed by atoms with Crippen molar-refractivity contribution in [2.75, 3.05) is 24.7 Å². The largest absolute Gasteiger partial charge is 0.465 e. The lowest BCUT2D eigenvalue weighted by molar-refractivity contribution is 0.0600. The summed E-state index contributed by atoms with van der Waals surface area (Å²) in [5.41, 5.74) is 8.02. The van der Waals surface area contributed by atoms with Gasteiger partial charge >= 0.3 is 5.97 Å². The molecule has 0 bridgehead atoms. The number of nitrogens with two attached hydrogens (primary N) is 1. The lowest BCUT2D eigenvalue weighted by Gasteiger charge is -2.07. The molecular formula is C16H16N2O3. The van der Waals surface area contributed by atoms with Crippen molar-refractivity contribution in [3.8, 4) is 0 Å². The lowest BCUT2D eigenvalue weighted by atomic mass is 10.1. The van der Waals surface area contributed by atoms with E-state index in [9.17, 15) is 9.59 Å². The molecule has 2 aromatic carbocycles. The molecule has 0 radical (unpaired) electrons. The summed E-state index contributed by atoms with van der Waals surface area (Å²) in [6.07, 6.45) is 0. The number of hydrogen-bond acceptors (Lipinski definition) is 5. The van der Waals surface area contributed by atoms with Crippen LogP contribution in [0, 0.1) is 0 Å². The molecule has 0 aliphatic rings. The average Bonchev–Trinajstić information content (AvgIpc) is 2.53. The maximum atomic E-state index is 12.0. The first-order chi connectivity index (χ1) is 10.1. The fourth-order valence-electron chi connectivity index (χ4n) is 1.80. The first-order valence-electron chi connectivity index (χ1n) is 6.41. The van der Waals surface area contributed by atoms with Crippen molar-refractivity contribution in [2.24, 2.45) is 0 Å². The quantitative estimate of drug-likeness (QED) is 0.500. The number of rotatable bonds is 5. The number of nitrogens with one attached hydrogen (secondary N) is 1. The van der Waals surface area contributed by atoms with Crippen LogP contribution < -0.4 is 11.1 Å². The summed E-state index contributed by atoms with van der Waals surface area (Å²) in [7, 11) is 1.33. The number of nitrogen functional groups attached to an aromatic ring is 1. The van der Waals surface area contributed by atoms with Crippen LogP contribution in [0.25, 0.3) is 0 Å². The molecule has 5 heteroatoms. The third-order valence-electron chi connectivity index (χ3n) is 2.99. The van der Waals surface area contributed by atoms with E-state index < -0.39 is 0 Å². The molecule has 0 saturated carbocycles. The molecule has 0 saturated heterocycles. The molecule has 0 spiro atoms. The second-order valence-corrected chi connectivity index (χ2v) is 4.47. The predicted molar refractivity (Wildman–Crippen MR) is 81.5 cm³/mol. The lowest BCUT2D eigenvalue weighted by Crippen LogP contribution is -2.14. The molecule has 2 rings (SSSR count). The van der Waals surface area contributed by atoms with Crippen LogP contribution in [0.2, 0.25) is 0 Å². The van der Waals surface area contributed by atoms with Gasteiger partial charge in [-0.15, -0.1) is 0 Å². The Balaban J connectivity index is 1.95. The zero-order chi connectivity index (χ0) is 15.2. The Morgan fingerprint density at radius 3 is 2.14 bits per heavy atom. The van der Waals surface area contributed by atoms with Gasteiger partial charge in [-0.2, -0.15) is 0 Å². The number of Topliss-reactive ketones (excluding diaryl/α,β-unsaturated/α-hetero) is 1. The summed E-state index contributed by atoms with van der Waals surface area (Å²) in [5, 5.41) is 3.01. The van der Waals surface area contributed by atoms with Gasteiger partial charge in [-0.05, 0) is 48.5 Å². The molecule has 5 nitrogen and oxygen atoms in total. The van der Waals surface area contributed by atoms with Crippen molar-refractivity contribution in [3.63, 3.8) is 0 Å². The van der Waals surface area contributed by atoms with E-state index >= 15 is 0 Å². The minimum absolute atomic E-state index is 0.0351. The normalized spacial score (nSPS) is 9.95. The van der Waals surface area contributed by atoms with E-state index in [1.165, 1.54) is 7.11 Å². The van der Waals surface area contributed by atoms with Crippen molar-refractivity contribution in [3.05, 3.63) is 59.7 Å². The van der Waals surface area contributed by atoms with Crippen LogP contribution >= 0.6 is 0 Å².